The summed E-state index contributed by atoms with van der Waals surface area (Å²) in [6.07, 6.45) is 0. The Bertz CT molecular complexity index is 1870. The number of hydrogen-bond acceptors (Lipinski definition) is 6. The lowest BCUT2D eigenvalue weighted by atomic mass is 9.93. The Morgan fingerprint density at radius 2 is 1.82 bits per heavy atom. The van der Waals surface area contributed by atoms with Crippen LogP contribution in [0.15, 0.2) is 88.2 Å². The highest BCUT2D eigenvalue weighted by Crippen LogP contribution is 2.36. The Hall–Kier alpha value is -4.27. The number of aromatic nitrogens is 1. The molecule has 2 aliphatic rings. The molecule has 6 rings (SSSR count). The van der Waals surface area contributed by atoms with Crippen molar-refractivity contribution in [3.8, 4) is 0 Å². The second kappa shape index (κ2) is 9.80. The first-order valence-corrected chi connectivity index (χ1v) is 13.6. The van der Waals surface area contributed by atoms with E-state index >= 15 is 0 Å². The summed E-state index contributed by atoms with van der Waals surface area (Å²) in [5.41, 5.74) is 4.20. The molecule has 1 N–H and O–H groups in total. The van der Waals surface area contributed by atoms with Crippen molar-refractivity contribution in [3.63, 3.8) is 0 Å². The van der Waals surface area contributed by atoms with Gasteiger partial charge < -0.3 is 10.1 Å². The molecule has 0 radical (unpaired) electrons. The molecule has 39 heavy (non-hydrogen) atoms. The molecule has 0 bridgehead atoms. The Kier molecular flexibility index (Phi) is 6.29. The molecule has 0 fully saturated rings. The van der Waals surface area contributed by atoms with E-state index in [0.717, 1.165) is 16.9 Å². The monoisotopic (exact) mass is 555 g/mol. The number of aryl methyl sites for hydroxylation is 1. The Labute approximate surface area is 232 Å². The third-order valence-electron chi connectivity index (χ3n) is 6.68. The SMILES string of the molecule is CCOC(=O)C1=C(c2ccccc2)N=c2s/c(=C3\C(=O)Nc4ccc(C)cc43)c(=O)n2[C@@H]1c1ccc(Cl)cc1. The molecule has 0 saturated heterocycles. The van der Waals surface area contributed by atoms with Gasteiger partial charge in [0.1, 0.15) is 4.53 Å². The second-order valence-corrected chi connectivity index (χ2v) is 10.6. The van der Waals surface area contributed by atoms with Gasteiger partial charge in [0.05, 0.1) is 29.5 Å². The summed E-state index contributed by atoms with van der Waals surface area (Å²) in [5, 5.41) is 3.38. The summed E-state index contributed by atoms with van der Waals surface area (Å²) >= 11 is 7.32. The summed E-state index contributed by atoms with van der Waals surface area (Å²) in [7, 11) is 0. The van der Waals surface area contributed by atoms with Crippen LogP contribution in [0.25, 0.3) is 11.3 Å². The van der Waals surface area contributed by atoms with Gasteiger partial charge in [-0.1, -0.05) is 77.0 Å². The van der Waals surface area contributed by atoms with Crippen molar-refractivity contribution in [3.05, 3.63) is 125 Å². The van der Waals surface area contributed by atoms with Gasteiger partial charge in [0.2, 0.25) is 0 Å². The highest BCUT2D eigenvalue weighted by atomic mass is 35.5. The quantitative estimate of drug-likeness (QED) is 0.382. The van der Waals surface area contributed by atoms with Gasteiger partial charge in [-0.05, 0) is 43.7 Å². The maximum absolute atomic E-state index is 14.2. The number of halogens is 1. The molecule has 7 nitrogen and oxygen atoms in total. The molecule has 1 amide bonds. The van der Waals surface area contributed by atoms with Crippen LogP contribution in [0.3, 0.4) is 0 Å². The lowest BCUT2D eigenvalue weighted by molar-refractivity contribution is -0.138. The zero-order valence-corrected chi connectivity index (χ0v) is 22.6. The van der Waals surface area contributed by atoms with E-state index in [-0.39, 0.29) is 22.6 Å². The van der Waals surface area contributed by atoms with Crippen LogP contribution in [0.4, 0.5) is 5.69 Å². The lowest BCUT2D eigenvalue weighted by Crippen LogP contribution is -2.40. The zero-order valence-electron chi connectivity index (χ0n) is 21.0. The maximum Gasteiger partial charge on any atom is 0.338 e. The van der Waals surface area contributed by atoms with Crippen LogP contribution in [0.5, 0.6) is 0 Å². The molecule has 0 aliphatic carbocycles. The van der Waals surface area contributed by atoms with Crippen molar-refractivity contribution >= 4 is 51.8 Å². The number of rotatable bonds is 4. The van der Waals surface area contributed by atoms with Crippen molar-refractivity contribution in [2.24, 2.45) is 4.99 Å². The van der Waals surface area contributed by atoms with Crippen molar-refractivity contribution < 1.29 is 14.3 Å². The Morgan fingerprint density at radius 1 is 1.08 bits per heavy atom. The van der Waals surface area contributed by atoms with Crippen LogP contribution in [-0.4, -0.2) is 23.1 Å². The molecule has 194 valence electrons. The fourth-order valence-corrected chi connectivity index (χ4v) is 6.18. The van der Waals surface area contributed by atoms with Crippen molar-refractivity contribution in [2.45, 2.75) is 19.9 Å². The predicted octanol–water partition coefficient (Wildman–Crippen LogP) is 4.22. The topological polar surface area (TPSA) is 89.8 Å². The van der Waals surface area contributed by atoms with Crippen LogP contribution >= 0.6 is 22.9 Å². The van der Waals surface area contributed by atoms with Crippen molar-refractivity contribution in [2.75, 3.05) is 11.9 Å². The van der Waals surface area contributed by atoms with Gasteiger partial charge in [0.15, 0.2) is 4.80 Å². The molecule has 1 aromatic heterocycles. The standard InChI is InChI=1S/C30H22ClN3O4S/c1-3-38-29(37)23-24(17-7-5-4-6-8-17)33-30-34(25(23)18-10-12-19(31)13-11-18)28(36)26(39-30)22-20-15-16(2)9-14-21(20)32-27(22)35/h4-15,25H,3H2,1-2H3,(H,32,35)/b26-22-/t25-/m1/s1. The minimum Gasteiger partial charge on any atom is -0.463 e. The maximum atomic E-state index is 14.2. The number of nitrogens with zero attached hydrogens (tertiary/aromatic N) is 2. The second-order valence-electron chi connectivity index (χ2n) is 9.18. The number of amides is 1. The number of carbonyl (C=O) groups excluding carboxylic acids is 2. The zero-order chi connectivity index (χ0) is 27.3. The van der Waals surface area contributed by atoms with Crippen LogP contribution in [-0.2, 0) is 14.3 Å². The molecule has 3 heterocycles. The highest BCUT2D eigenvalue weighted by Gasteiger charge is 2.36. The predicted molar refractivity (Wildman–Crippen MR) is 151 cm³/mol. The largest absolute Gasteiger partial charge is 0.463 e. The third kappa shape index (κ3) is 4.22. The van der Waals surface area contributed by atoms with Crippen molar-refractivity contribution in [1.82, 2.24) is 4.57 Å². The van der Waals surface area contributed by atoms with Gasteiger partial charge in [0, 0.05) is 21.8 Å². The van der Waals surface area contributed by atoms with E-state index in [2.05, 4.69) is 5.32 Å². The number of thiazole rings is 1. The number of fused-ring (bicyclic) bond motifs is 2. The normalized spacial score (nSPS) is 17.3. The highest BCUT2D eigenvalue weighted by molar-refractivity contribution is 7.07. The van der Waals surface area contributed by atoms with Gasteiger partial charge >= 0.3 is 5.97 Å². The van der Waals surface area contributed by atoms with Gasteiger partial charge in [-0.2, -0.15) is 0 Å². The lowest BCUT2D eigenvalue weighted by Gasteiger charge is -2.26. The van der Waals surface area contributed by atoms with Gasteiger partial charge in [0.25, 0.3) is 11.5 Å². The molecule has 1 atom stereocenters. The van der Waals surface area contributed by atoms with E-state index in [4.69, 9.17) is 21.3 Å². The fraction of sp³-hybridized carbons (Fsp3) is 0.133. The van der Waals surface area contributed by atoms with Gasteiger partial charge in [-0.25, -0.2) is 9.79 Å². The van der Waals surface area contributed by atoms with Crippen molar-refractivity contribution in [1.29, 1.82) is 0 Å². The molecule has 2 aliphatic heterocycles. The summed E-state index contributed by atoms with van der Waals surface area (Å²) in [6, 6.07) is 21.1. The van der Waals surface area contributed by atoms with Crippen LogP contribution in [0.2, 0.25) is 5.02 Å². The fourth-order valence-electron chi connectivity index (χ4n) is 4.96. The number of hydrogen-bond donors (Lipinski definition) is 1. The van der Waals surface area contributed by atoms with E-state index in [0.29, 0.717) is 43.5 Å². The van der Waals surface area contributed by atoms with Gasteiger partial charge in [-0.3, -0.25) is 14.2 Å². The number of benzene rings is 3. The summed E-state index contributed by atoms with van der Waals surface area (Å²) < 4.78 is 7.22. The van der Waals surface area contributed by atoms with E-state index in [9.17, 15) is 14.4 Å². The summed E-state index contributed by atoms with van der Waals surface area (Å²) in [5.74, 6) is -0.922. The number of ether oxygens (including phenoxy) is 1. The third-order valence-corrected chi connectivity index (χ3v) is 7.99. The number of carbonyl (C=O) groups is 2. The molecule has 0 saturated carbocycles. The van der Waals surface area contributed by atoms with Gasteiger partial charge in [-0.15, -0.1) is 0 Å². The number of esters is 1. The number of anilines is 1. The van der Waals surface area contributed by atoms with Crippen LogP contribution in [0.1, 0.15) is 35.2 Å². The number of nitrogens with one attached hydrogen (secondary N) is 1. The minimum absolute atomic E-state index is 0.155. The molecule has 3 aromatic carbocycles. The summed E-state index contributed by atoms with van der Waals surface area (Å²) in [4.78, 5) is 46.0. The van der Waals surface area contributed by atoms with E-state index in [1.165, 1.54) is 4.57 Å². The van der Waals surface area contributed by atoms with E-state index in [1.807, 2.05) is 55.5 Å². The molecule has 4 aromatic rings. The Balaban J connectivity index is 1.72. The van der Waals surface area contributed by atoms with Crippen LogP contribution in [0, 0.1) is 6.92 Å². The minimum atomic E-state index is -0.844. The molecular weight excluding hydrogens is 534 g/mol. The smallest absolute Gasteiger partial charge is 0.338 e. The van der Waals surface area contributed by atoms with E-state index in [1.54, 1.807) is 31.2 Å². The molecular formula is C30H22ClN3O4S. The average Bonchev–Trinajstić information content (AvgIpc) is 3.43. The van der Waals surface area contributed by atoms with E-state index < -0.39 is 17.6 Å². The first-order valence-electron chi connectivity index (χ1n) is 12.4. The van der Waals surface area contributed by atoms with Crippen LogP contribution < -0.4 is 20.2 Å². The molecule has 0 spiro atoms. The average molecular weight is 556 g/mol. The summed E-state index contributed by atoms with van der Waals surface area (Å²) in [6.45, 7) is 3.82. The first-order chi connectivity index (χ1) is 18.9. The molecule has 0 unspecified atom stereocenters. The Morgan fingerprint density at radius 3 is 2.54 bits per heavy atom. The molecule has 9 heteroatoms. The first kappa shape index (κ1) is 25.0.